The molecule has 0 saturated carbocycles. The molecule has 0 aliphatic heterocycles. The van der Waals surface area contributed by atoms with Crippen LogP contribution in [0, 0.1) is 0 Å². The Labute approximate surface area is 105 Å². The molecule has 0 atom stereocenters. The summed E-state index contributed by atoms with van der Waals surface area (Å²) in [6.07, 6.45) is 4.26. The summed E-state index contributed by atoms with van der Waals surface area (Å²) in [7, 11) is 0. The molecule has 0 saturated heterocycles. The van der Waals surface area contributed by atoms with Crippen molar-refractivity contribution in [3.8, 4) is 5.75 Å². The molecule has 0 aromatic heterocycles. The Bertz CT molecular complexity index is 480. The number of aromatic carboxylic acids is 1. The molecule has 5 nitrogen and oxygen atoms in total. The minimum atomic E-state index is -1.16. The highest BCUT2D eigenvalue weighted by Crippen LogP contribution is 2.19. The highest BCUT2D eigenvalue weighted by atomic mass is 16.4. The van der Waals surface area contributed by atoms with E-state index in [-0.39, 0.29) is 17.2 Å². The molecular formula is C13H15NO4. The number of benzene rings is 1. The van der Waals surface area contributed by atoms with Crippen molar-refractivity contribution in [1.82, 2.24) is 5.32 Å². The molecule has 1 aromatic carbocycles. The van der Waals surface area contributed by atoms with Crippen LogP contribution in [0.25, 0.3) is 6.08 Å². The van der Waals surface area contributed by atoms with E-state index in [1.165, 1.54) is 19.1 Å². The fraction of sp³-hybridized carbons (Fsp3) is 0.231. The number of aromatic hydroxyl groups is 1. The summed E-state index contributed by atoms with van der Waals surface area (Å²) >= 11 is 0. The zero-order chi connectivity index (χ0) is 13.5. The Hall–Kier alpha value is -2.30. The average molecular weight is 249 g/mol. The number of phenols is 1. The van der Waals surface area contributed by atoms with Gasteiger partial charge >= 0.3 is 5.97 Å². The third-order valence-electron chi connectivity index (χ3n) is 2.25. The van der Waals surface area contributed by atoms with Crippen LogP contribution in [0.5, 0.6) is 5.75 Å². The number of carboxylic acid groups (broad SMARTS) is 1. The van der Waals surface area contributed by atoms with Crippen LogP contribution in [-0.2, 0) is 4.79 Å². The van der Waals surface area contributed by atoms with Crippen LogP contribution in [0.1, 0.15) is 29.3 Å². The van der Waals surface area contributed by atoms with Gasteiger partial charge < -0.3 is 15.5 Å². The zero-order valence-corrected chi connectivity index (χ0v) is 10.0. The summed E-state index contributed by atoms with van der Waals surface area (Å²) in [5, 5.41) is 20.9. The summed E-state index contributed by atoms with van der Waals surface area (Å²) in [5.74, 6) is -1.49. The molecular weight excluding hydrogens is 234 g/mol. The van der Waals surface area contributed by atoms with E-state index in [1.807, 2.05) is 6.08 Å². The molecule has 1 rings (SSSR count). The first kappa shape index (κ1) is 13.8. The number of carbonyl (C=O) groups is 2. The summed E-state index contributed by atoms with van der Waals surface area (Å²) in [6.45, 7) is 2.00. The van der Waals surface area contributed by atoms with Crippen LogP contribution in [0.4, 0.5) is 0 Å². The standard InChI is InChI=1S/C13H15NO4/c1-9(15)14-7-3-2-4-10-5-6-11(13(17)18)12(16)8-10/h2,4-6,8,16H,3,7H2,1H3,(H,14,15)(H,17,18). The van der Waals surface area contributed by atoms with Crippen molar-refractivity contribution in [2.75, 3.05) is 6.54 Å². The second kappa shape index (κ2) is 6.44. The molecule has 0 radical (unpaired) electrons. The number of hydrogen-bond donors (Lipinski definition) is 3. The Morgan fingerprint density at radius 3 is 2.67 bits per heavy atom. The van der Waals surface area contributed by atoms with Gasteiger partial charge in [0.2, 0.25) is 5.91 Å². The van der Waals surface area contributed by atoms with Gasteiger partial charge in [-0.2, -0.15) is 0 Å². The molecule has 1 amide bonds. The summed E-state index contributed by atoms with van der Waals surface area (Å²) < 4.78 is 0. The number of carboxylic acids is 1. The van der Waals surface area contributed by atoms with Crippen molar-refractivity contribution >= 4 is 18.0 Å². The van der Waals surface area contributed by atoms with Gasteiger partial charge in [0.1, 0.15) is 11.3 Å². The van der Waals surface area contributed by atoms with Crippen LogP contribution in [0.3, 0.4) is 0 Å². The van der Waals surface area contributed by atoms with Gasteiger partial charge in [-0.3, -0.25) is 4.79 Å². The molecule has 18 heavy (non-hydrogen) atoms. The van der Waals surface area contributed by atoms with Gasteiger partial charge in [-0.15, -0.1) is 0 Å². The Morgan fingerprint density at radius 1 is 1.39 bits per heavy atom. The lowest BCUT2D eigenvalue weighted by atomic mass is 10.1. The van der Waals surface area contributed by atoms with E-state index in [9.17, 15) is 14.7 Å². The fourth-order valence-corrected chi connectivity index (χ4v) is 1.38. The smallest absolute Gasteiger partial charge is 0.339 e. The quantitative estimate of drug-likeness (QED) is 0.692. The lowest BCUT2D eigenvalue weighted by Gasteiger charge is -2.01. The van der Waals surface area contributed by atoms with E-state index in [2.05, 4.69) is 5.32 Å². The van der Waals surface area contributed by atoms with Gasteiger partial charge in [0.05, 0.1) is 0 Å². The summed E-state index contributed by atoms with van der Waals surface area (Å²) in [5.41, 5.74) is 0.589. The van der Waals surface area contributed by atoms with Gasteiger partial charge in [0, 0.05) is 13.5 Å². The van der Waals surface area contributed by atoms with Crippen molar-refractivity contribution in [2.24, 2.45) is 0 Å². The summed E-state index contributed by atoms with van der Waals surface area (Å²) in [4.78, 5) is 21.3. The SMILES string of the molecule is CC(=O)NCCC=Cc1ccc(C(=O)O)c(O)c1. The molecule has 0 heterocycles. The number of rotatable bonds is 5. The van der Waals surface area contributed by atoms with Gasteiger partial charge in [0.25, 0.3) is 0 Å². The molecule has 96 valence electrons. The van der Waals surface area contributed by atoms with Gasteiger partial charge in [-0.25, -0.2) is 4.79 Å². The topological polar surface area (TPSA) is 86.6 Å². The first-order valence-corrected chi connectivity index (χ1v) is 5.48. The first-order chi connectivity index (χ1) is 8.50. The molecule has 3 N–H and O–H groups in total. The van der Waals surface area contributed by atoms with Crippen molar-refractivity contribution < 1.29 is 19.8 Å². The van der Waals surface area contributed by atoms with Crippen molar-refractivity contribution in [3.63, 3.8) is 0 Å². The van der Waals surface area contributed by atoms with E-state index in [0.717, 1.165) is 0 Å². The molecule has 0 aliphatic rings. The maximum absolute atomic E-state index is 10.7. The number of carbonyl (C=O) groups excluding carboxylic acids is 1. The van der Waals surface area contributed by atoms with Crippen LogP contribution in [0.2, 0.25) is 0 Å². The summed E-state index contributed by atoms with van der Waals surface area (Å²) in [6, 6.07) is 4.35. The zero-order valence-electron chi connectivity index (χ0n) is 10.0. The number of amides is 1. The molecule has 1 aromatic rings. The van der Waals surface area contributed by atoms with E-state index in [4.69, 9.17) is 5.11 Å². The molecule has 5 heteroatoms. The predicted molar refractivity (Wildman–Crippen MR) is 67.4 cm³/mol. The maximum Gasteiger partial charge on any atom is 0.339 e. The minimum absolute atomic E-state index is 0.0770. The monoisotopic (exact) mass is 249 g/mol. The molecule has 0 spiro atoms. The van der Waals surface area contributed by atoms with Crippen molar-refractivity contribution in [2.45, 2.75) is 13.3 Å². The minimum Gasteiger partial charge on any atom is -0.507 e. The van der Waals surface area contributed by atoms with E-state index in [0.29, 0.717) is 18.5 Å². The normalized spacial score (nSPS) is 10.5. The van der Waals surface area contributed by atoms with Crippen LogP contribution >= 0.6 is 0 Å². The van der Waals surface area contributed by atoms with Gasteiger partial charge in [0.15, 0.2) is 0 Å². The van der Waals surface area contributed by atoms with Gasteiger partial charge in [-0.05, 0) is 24.1 Å². The van der Waals surface area contributed by atoms with E-state index < -0.39 is 5.97 Å². The molecule has 0 aliphatic carbocycles. The Kier molecular flexibility index (Phi) is 4.92. The third kappa shape index (κ3) is 4.29. The first-order valence-electron chi connectivity index (χ1n) is 5.48. The highest BCUT2D eigenvalue weighted by molar-refractivity contribution is 5.91. The van der Waals surface area contributed by atoms with E-state index in [1.54, 1.807) is 12.1 Å². The van der Waals surface area contributed by atoms with Crippen molar-refractivity contribution in [1.29, 1.82) is 0 Å². The number of hydrogen-bond acceptors (Lipinski definition) is 3. The lowest BCUT2D eigenvalue weighted by molar-refractivity contribution is -0.118. The Balaban J connectivity index is 2.58. The van der Waals surface area contributed by atoms with Crippen LogP contribution < -0.4 is 5.32 Å². The van der Waals surface area contributed by atoms with Crippen LogP contribution in [0.15, 0.2) is 24.3 Å². The van der Waals surface area contributed by atoms with Crippen LogP contribution in [-0.4, -0.2) is 28.6 Å². The second-order valence-electron chi connectivity index (χ2n) is 3.76. The predicted octanol–water partition coefficient (Wildman–Crippen LogP) is 1.63. The highest BCUT2D eigenvalue weighted by Gasteiger charge is 2.08. The molecule has 0 unspecified atom stereocenters. The third-order valence-corrected chi connectivity index (χ3v) is 2.25. The van der Waals surface area contributed by atoms with Crippen molar-refractivity contribution in [3.05, 3.63) is 35.4 Å². The Morgan fingerprint density at radius 2 is 2.11 bits per heavy atom. The molecule has 0 fully saturated rings. The van der Waals surface area contributed by atoms with E-state index >= 15 is 0 Å². The fourth-order valence-electron chi connectivity index (χ4n) is 1.38. The lowest BCUT2D eigenvalue weighted by Crippen LogP contribution is -2.20. The molecule has 0 bridgehead atoms. The second-order valence-corrected chi connectivity index (χ2v) is 3.76. The van der Waals surface area contributed by atoms with Gasteiger partial charge in [-0.1, -0.05) is 18.2 Å². The average Bonchev–Trinajstić information content (AvgIpc) is 2.27. The maximum atomic E-state index is 10.7. The number of nitrogens with one attached hydrogen (secondary N) is 1. The largest absolute Gasteiger partial charge is 0.507 e.